The van der Waals surface area contributed by atoms with E-state index in [4.69, 9.17) is 10.00 Å². The van der Waals surface area contributed by atoms with E-state index in [-0.39, 0.29) is 12.5 Å². The summed E-state index contributed by atoms with van der Waals surface area (Å²) in [6, 6.07) is 5.72. The van der Waals surface area contributed by atoms with Crippen molar-refractivity contribution in [3.8, 4) is 11.8 Å². The lowest BCUT2D eigenvalue weighted by Gasteiger charge is -2.28. The summed E-state index contributed by atoms with van der Waals surface area (Å²) >= 11 is 0. The van der Waals surface area contributed by atoms with Crippen LogP contribution in [-0.4, -0.2) is 17.3 Å². The summed E-state index contributed by atoms with van der Waals surface area (Å²) in [6.07, 6.45) is 0. The van der Waals surface area contributed by atoms with Gasteiger partial charge in [-0.2, -0.15) is 5.26 Å². The van der Waals surface area contributed by atoms with E-state index in [0.717, 1.165) is 16.9 Å². The molecule has 0 radical (unpaired) electrons. The third kappa shape index (κ3) is 3.24. The topological polar surface area (TPSA) is 53.2 Å². The Morgan fingerprint density at radius 3 is 2.22 bits per heavy atom. The molecule has 0 saturated carbocycles. The molecule has 1 unspecified atom stereocenters. The number of nitrogens with zero attached hydrogens (tertiary/aromatic N) is 1. The fourth-order valence-electron chi connectivity index (χ4n) is 1.63. The molecule has 0 aliphatic carbocycles. The highest BCUT2D eigenvalue weighted by Crippen LogP contribution is 2.26. The number of ether oxygens (including phenoxy) is 1. The average molecular weight is 247 g/mol. The van der Waals surface area contributed by atoms with Crippen molar-refractivity contribution in [3.63, 3.8) is 0 Å². The lowest BCUT2D eigenvalue weighted by molar-refractivity contribution is -0.0269. The Bertz CT molecular complexity index is 447. The van der Waals surface area contributed by atoms with Crippen molar-refractivity contribution in [2.45, 2.75) is 40.2 Å². The Morgan fingerprint density at radius 1 is 1.33 bits per heavy atom. The number of hydrogen-bond donors (Lipinski definition) is 1. The van der Waals surface area contributed by atoms with Crippen molar-refractivity contribution < 1.29 is 9.84 Å². The minimum Gasteiger partial charge on any atom is -0.490 e. The standard InChI is InChI=1S/C15H21NO2/c1-10(2)15(5,17)9-18-14-11(3)6-13(8-16)7-12(14)4/h6-7,10,17H,9H2,1-5H3. The minimum atomic E-state index is -0.854. The number of aliphatic hydroxyl groups is 1. The van der Waals surface area contributed by atoms with E-state index in [9.17, 15) is 5.11 Å². The van der Waals surface area contributed by atoms with Crippen LogP contribution in [0.3, 0.4) is 0 Å². The van der Waals surface area contributed by atoms with Crippen LogP contribution in [0.2, 0.25) is 0 Å². The monoisotopic (exact) mass is 247 g/mol. The van der Waals surface area contributed by atoms with Gasteiger partial charge in [-0.15, -0.1) is 0 Å². The second kappa shape index (κ2) is 5.41. The van der Waals surface area contributed by atoms with Crippen LogP contribution in [-0.2, 0) is 0 Å². The molecule has 1 rings (SSSR count). The Labute approximate surface area is 109 Å². The van der Waals surface area contributed by atoms with E-state index >= 15 is 0 Å². The van der Waals surface area contributed by atoms with E-state index in [2.05, 4.69) is 6.07 Å². The molecule has 0 saturated heterocycles. The summed E-state index contributed by atoms with van der Waals surface area (Å²) in [4.78, 5) is 0. The van der Waals surface area contributed by atoms with Gasteiger partial charge in [-0.25, -0.2) is 0 Å². The van der Waals surface area contributed by atoms with E-state index in [1.54, 1.807) is 19.1 Å². The third-order valence-electron chi connectivity index (χ3n) is 3.34. The average Bonchev–Trinajstić information content (AvgIpc) is 2.27. The van der Waals surface area contributed by atoms with Gasteiger partial charge in [0.1, 0.15) is 12.4 Å². The molecule has 0 aliphatic heterocycles. The predicted octanol–water partition coefficient (Wildman–Crippen LogP) is 2.96. The van der Waals surface area contributed by atoms with E-state index in [0.29, 0.717) is 5.56 Å². The van der Waals surface area contributed by atoms with Gasteiger partial charge in [0.2, 0.25) is 0 Å². The van der Waals surface area contributed by atoms with Crippen LogP contribution in [0, 0.1) is 31.1 Å². The van der Waals surface area contributed by atoms with Crippen LogP contribution in [0.15, 0.2) is 12.1 Å². The molecule has 3 heteroatoms. The van der Waals surface area contributed by atoms with Crippen molar-refractivity contribution in [3.05, 3.63) is 28.8 Å². The molecule has 0 fully saturated rings. The molecule has 1 atom stereocenters. The van der Waals surface area contributed by atoms with E-state index < -0.39 is 5.60 Å². The molecule has 18 heavy (non-hydrogen) atoms. The fourth-order valence-corrected chi connectivity index (χ4v) is 1.63. The van der Waals surface area contributed by atoms with E-state index in [1.807, 2.05) is 27.7 Å². The molecule has 0 aliphatic rings. The zero-order chi connectivity index (χ0) is 13.9. The van der Waals surface area contributed by atoms with Crippen LogP contribution in [0.1, 0.15) is 37.5 Å². The van der Waals surface area contributed by atoms with Crippen LogP contribution in [0.25, 0.3) is 0 Å². The molecule has 0 bridgehead atoms. The molecular weight excluding hydrogens is 226 g/mol. The molecule has 0 heterocycles. The number of rotatable bonds is 4. The lowest BCUT2D eigenvalue weighted by Crippen LogP contribution is -2.38. The van der Waals surface area contributed by atoms with Gasteiger partial charge >= 0.3 is 0 Å². The summed E-state index contributed by atoms with van der Waals surface area (Å²) in [5.41, 5.74) is 1.62. The van der Waals surface area contributed by atoms with Crippen molar-refractivity contribution in [2.75, 3.05) is 6.61 Å². The summed E-state index contributed by atoms with van der Waals surface area (Å²) in [7, 11) is 0. The Hall–Kier alpha value is -1.53. The molecule has 1 aromatic carbocycles. The summed E-state index contributed by atoms with van der Waals surface area (Å²) in [5.74, 6) is 0.881. The van der Waals surface area contributed by atoms with Gasteiger partial charge in [0.25, 0.3) is 0 Å². The molecule has 0 aromatic heterocycles. The van der Waals surface area contributed by atoms with Gasteiger partial charge in [0, 0.05) is 0 Å². The van der Waals surface area contributed by atoms with Gasteiger partial charge in [-0.05, 0) is 49.9 Å². The SMILES string of the molecule is Cc1cc(C#N)cc(C)c1OCC(C)(O)C(C)C. The first-order chi connectivity index (χ1) is 8.27. The lowest BCUT2D eigenvalue weighted by atomic mass is 9.93. The molecule has 1 N–H and O–H groups in total. The Balaban J connectivity index is 2.90. The minimum absolute atomic E-state index is 0.122. The fraction of sp³-hybridized carbons (Fsp3) is 0.533. The second-order valence-corrected chi connectivity index (χ2v) is 5.35. The second-order valence-electron chi connectivity index (χ2n) is 5.35. The zero-order valence-corrected chi connectivity index (χ0v) is 11.7. The third-order valence-corrected chi connectivity index (χ3v) is 3.34. The van der Waals surface area contributed by atoms with Gasteiger partial charge in [-0.3, -0.25) is 0 Å². The molecule has 0 amide bonds. The first-order valence-corrected chi connectivity index (χ1v) is 6.14. The summed E-state index contributed by atoms with van der Waals surface area (Å²) in [6.45, 7) is 9.76. The van der Waals surface area contributed by atoms with Crippen LogP contribution in [0.5, 0.6) is 5.75 Å². The van der Waals surface area contributed by atoms with Crippen molar-refractivity contribution in [2.24, 2.45) is 5.92 Å². The number of hydrogen-bond acceptors (Lipinski definition) is 3. The maximum Gasteiger partial charge on any atom is 0.125 e. The summed E-state index contributed by atoms with van der Waals surface area (Å²) < 4.78 is 5.73. The number of benzene rings is 1. The molecule has 98 valence electrons. The van der Waals surface area contributed by atoms with Crippen molar-refractivity contribution in [1.82, 2.24) is 0 Å². The maximum atomic E-state index is 10.2. The quantitative estimate of drug-likeness (QED) is 0.890. The van der Waals surface area contributed by atoms with Gasteiger partial charge in [-0.1, -0.05) is 13.8 Å². The maximum absolute atomic E-state index is 10.2. The van der Waals surface area contributed by atoms with E-state index in [1.165, 1.54) is 0 Å². The number of aryl methyl sites for hydroxylation is 2. The normalized spacial score (nSPS) is 14.1. The molecule has 3 nitrogen and oxygen atoms in total. The van der Waals surface area contributed by atoms with Crippen LogP contribution < -0.4 is 4.74 Å². The highest BCUT2D eigenvalue weighted by Gasteiger charge is 2.26. The molecular formula is C15H21NO2. The van der Waals surface area contributed by atoms with Crippen molar-refractivity contribution in [1.29, 1.82) is 5.26 Å². The van der Waals surface area contributed by atoms with Crippen molar-refractivity contribution >= 4 is 0 Å². The number of nitriles is 1. The van der Waals surface area contributed by atoms with Gasteiger partial charge in [0.05, 0.1) is 17.2 Å². The first-order valence-electron chi connectivity index (χ1n) is 6.14. The zero-order valence-electron chi connectivity index (χ0n) is 11.7. The van der Waals surface area contributed by atoms with Gasteiger partial charge in [0.15, 0.2) is 0 Å². The Morgan fingerprint density at radius 2 is 1.83 bits per heavy atom. The smallest absolute Gasteiger partial charge is 0.125 e. The summed E-state index contributed by atoms with van der Waals surface area (Å²) in [5, 5.41) is 19.0. The molecule has 1 aromatic rings. The largest absolute Gasteiger partial charge is 0.490 e. The predicted molar refractivity (Wildman–Crippen MR) is 71.6 cm³/mol. The van der Waals surface area contributed by atoms with Gasteiger partial charge < -0.3 is 9.84 Å². The first kappa shape index (κ1) is 14.5. The van der Waals surface area contributed by atoms with Crippen LogP contribution in [0.4, 0.5) is 0 Å². The Kier molecular flexibility index (Phi) is 4.37. The molecule has 0 spiro atoms. The highest BCUT2D eigenvalue weighted by molar-refractivity contribution is 5.47. The highest BCUT2D eigenvalue weighted by atomic mass is 16.5. The van der Waals surface area contributed by atoms with Crippen LogP contribution >= 0.6 is 0 Å².